The van der Waals surface area contributed by atoms with Gasteiger partial charge in [0, 0.05) is 17.9 Å². The molecule has 2 N–H and O–H groups in total. The van der Waals surface area contributed by atoms with Crippen molar-refractivity contribution in [1.82, 2.24) is 5.16 Å². The summed E-state index contributed by atoms with van der Waals surface area (Å²) in [6.45, 7) is 6.14. The molecular formula is C14H19N3O3S. The molecule has 0 aliphatic heterocycles. The molecule has 114 valence electrons. The van der Waals surface area contributed by atoms with Gasteiger partial charge in [0.2, 0.25) is 0 Å². The minimum Gasteiger partial charge on any atom is -0.385 e. The van der Waals surface area contributed by atoms with E-state index < -0.39 is 10.0 Å². The molecule has 2 rings (SSSR count). The molecule has 1 aromatic heterocycles. The van der Waals surface area contributed by atoms with E-state index in [-0.39, 0.29) is 10.7 Å². The summed E-state index contributed by atoms with van der Waals surface area (Å²) in [5.41, 5.74) is 1.80. The molecule has 7 heteroatoms. The van der Waals surface area contributed by atoms with Crippen LogP contribution >= 0.6 is 0 Å². The predicted molar refractivity (Wildman–Crippen MR) is 82.0 cm³/mol. The molecule has 2 aromatic rings. The van der Waals surface area contributed by atoms with Crippen LogP contribution in [0.3, 0.4) is 0 Å². The minimum atomic E-state index is -3.69. The molecule has 0 aliphatic carbocycles. The van der Waals surface area contributed by atoms with Gasteiger partial charge in [0.15, 0.2) is 10.7 Å². The number of anilines is 2. The average Bonchev–Trinajstić information content (AvgIpc) is 2.77. The van der Waals surface area contributed by atoms with Crippen LogP contribution in [0.2, 0.25) is 0 Å². The molecule has 0 bridgehead atoms. The van der Waals surface area contributed by atoms with Gasteiger partial charge in [0.25, 0.3) is 10.0 Å². The number of sulfonamides is 1. The molecule has 0 spiro atoms. The summed E-state index contributed by atoms with van der Waals surface area (Å²) < 4.78 is 32.1. The first-order valence-electron chi connectivity index (χ1n) is 6.73. The van der Waals surface area contributed by atoms with Gasteiger partial charge < -0.3 is 9.84 Å². The Morgan fingerprint density at radius 3 is 2.29 bits per heavy atom. The van der Waals surface area contributed by atoms with Crippen molar-refractivity contribution < 1.29 is 12.9 Å². The predicted octanol–water partition coefficient (Wildman–Crippen LogP) is 2.91. The van der Waals surface area contributed by atoms with Gasteiger partial charge in [-0.25, -0.2) is 8.42 Å². The van der Waals surface area contributed by atoms with Gasteiger partial charge in [-0.05, 0) is 44.5 Å². The molecule has 0 amide bonds. The van der Waals surface area contributed by atoms with Gasteiger partial charge in [-0.3, -0.25) is 4.72 Å². The largest absolute Gasteiger partial charge is 0.385 e. The molecule has 0 atom stereocenters. The summed E-state index contributed by atoms with van der Waals surface area (Å²) in [7, 11) is -3.69. The highest BCUT2D eigenvalue weighted by atomic mass is 32.2. The Bertz CT molecular complexity index is 686. The number of aromatic nitrogens is 1. The van der Waals surface area contributed by atoms with Gasteiger partial charge in [-0.15, -0.1) is 0 Å². The maximum atomic E-state index is 12.3. The molecule has 0 saturated carbocycles. The highest BCUT2D eigenvalue weighted by Crippen LogP contribution is 2.23. The Hall–Kier alpha value is -2.02. The van der Waals surface area contributed by atoms with E-state index in [9.17, 15) is 8.42 Å². The second kappa shape index (κ2) is 6.17. The van der Waals surface area contributed by atoms with E-state index in [1.807, 2.05) is 12.1 Å². The Labute approximate surface area is 124 Å². The van der Waals surface area contributed by atoms with Crippen molar-refractivity contribution in [2.45, 2.75) is 32.1 Å². The molecule has 1 heterocycles. The number of aryl methyl sites for hydroxylation is 2. The molecule has 0 unspecified atom stereocenters. The van der Waals surface area contributed by atoms with Crippen molar-refractivity contribution >= 4 is 21.4 Å². The summed E-state index contributed by atoms with van der Waals surface area (Å²) in [5.74, 6) is 0.279. The van der Waals surface area contributed by atoms with Gasteiger partial charge >= 0.3 is 0 Å². The van der Waals surface area contributed by atoms with E-state index in [1.165, 1.54) is 0 Å². The van der Waals surface area contributed by atoms with Crippen LogP contribution in [-0.2, 0) is 10.0 Å². The molecule has 1 aromatic carbocycles. The average molecular weight is 309 g/mol. The number of hydrogen-bond donors (Lipinski definition) is 2. The third-order valence-electron chi connectivity index (χ3n) is 2.95. The maximum Gasteiger partial charge on any atom is 0.267 e. The van der Waals surface area contributed by atoms with E-state index in [1.54, 1.807) is 26.0 Å². The summed E-state index contributed by atoms with van der Waals surface area (Å²) in [6.07, 6.45) is 1.03. The fraction of sp³-hybridized carbons (Fsp3) is 0.357. The van der Waals surface area contributed by atoms with Crippen LogP contribution in [-0.4, -0.2) is 20.1 Å². The first kappa shape index (κ1) is 15.4. The normalized spacial score (nSPS) is 11.4. The van der Waals surface area contributed by atoms with E-state index in [0.717, 1.165) is 18.7 Å². The zero-order chi connectivity index (χ0) is 15.5. The molecule has 21 heavy (non-hydrogen) atoms. The van der Waals surface area contributed by atoms with Crippen molar-refractivity contribution in [1.29, 1.82) is 0 Å². The molecule has 6 nitrogen and oxygen atoms in total. The standard InChI is InChI=1S/C14H19N3O3S/c1-4-9-15-12-5-7-13(8-6-12)17-21(18,19)14-10(2)16-20-11(14)3/h5-8,15,17H,4,9H2,1-3H3. The quantitative estimate of drug-likeness (QED) is 0.857. The smallest absolute Gasteiger partial charge is 0.267 e. The number of rotatable bonds is 6. The van der Waals surface area contributed by atoms with E-state index in [2.05, 4.69) is 22.1 Å². The summed E-state index contributed by atoms with van der Waals surface area (Å²) in [6, 6.07) is 7.10. The van der Waals surface area contributed by atoms with Crippen LogP contribution < -0.4 is 10.0 Å². The third-order valence-corrected chi connectivity index (χ3v) is 4.58. The highest BCUT2D eigenvalue weighted by molar-refractivity contribution is 7.92. The van der Waals surface area contributed by atoms with Crippen molar-refractivity contribution in [2.75, 3.05) is 16.6 Å². The summed E-state index contributed by atoms with van der Waals surface area (Å²) >= 11 is 0. The Morgan fingerprint density at radius 1 is 1.14 bits per heavy atom. The van der Waals surface area contributed by atoms with Crippen molar-refractivity contribution in [3.63, 3.8) is 0 Å². The third kappa shape index (κ3) is 3.55. The Kier molecular flexibility index (Phi) is 4.52. The Balaban J connectivity index is 2.17. The molecule has 0 aliphatic rings. The van der Waals surface area contributed by atoms with Crippen molar-refractivity contribution in [3.8, 4) is 0 Å². The van der Waals surface area contributed by atoms with Crippen LogP contribution in [0.15, 0.2) is 33.7 Å². The number of benzene rings is 1. The van der Waals surface area contributed by atoms with E-state index in [0.29, 0.717) is 11.4 Å². The lowest BCUT2D eigenvalue weighted by molar-refractivity contribution is 0.390. The lowest BCUT2D eigenvalue weighted by atomic mass is 10.3. The second-order valence-corrected chi connectivity index (χ2v) is 6.38. The lowest BCUT2D eigenvalue weighted by Gasteiger charge is -2.09. The van der Waals surface area contributed by atoms with Gasteiger partial charge in [0.1, 0.15) is 5.69 Å². The minimum absolute atomic E-state index is 0.0932. The topological polar surface area (TPSA) is 84.2 Å². The lowest BCUT2D eigenvalue weighted by Crippen LogP contribution is -2.14. The van der Waals surface area contributed by atoms with Gasteiger partial charge in [-0.1, -0.05) is 12.1 Å². The van der Waals surface area contributed by atoms with Crippen LogP contribution in [0.25, 0.3) is 0 Å². The van der Waals surface area contributed by atoms with Gasteiger partial charge in [-0.2, -0.15) is 0 Å². The van der Waals surface area contributed by atoms with Crippen molar-refractivity contribution in [2.24, 2.45) is 0 Å². The first-order valence-corrected chi connectivity index (χ1v) is 8.22. The molecule has 0 fully saturated rings. The van der Waals surface area contributed by atoms with Crippen LogP contribution in [0.5, 0.6) is 0 Å². The van der Waals surface area contributed by atoms with Crippen LogP contribution in [0, 0.1) is 13.8 Å². The fourth-order valence-electron chi connectivity index (χ4n) is 1.99. The van der Waals surface area contributed by atoms with Gasteiger partial charge in [0.05, 0.1) is 0 Å². The van der Waals surface area contributed by atoms with Crippen LogP contribution in [0.1, 0.15) is 24.8 Å². The number of nitrogens with zero attached hydrogens (tertiary/aromatic N) is 1. The zero-order valence-electron chi connectivity index (χ0n) is 12.3. The monoisotopic (exact) mass is 309 g/mol. The maximum absolute atomic E-state index is 12.3. The zero-order valence-corrected chi connectivity index (χ0v) is 13.1. The fourth-order valence-corrected chi connectivity index (χ4v) is 3.38. The van der Waals surface area contributed by atoms with Crippen molar-refractivity contribution in [3.05, 3.63) is 35.7 Å². The SMILES string of the molecule is CCCNc1ccc(NS(=O)(=O)c2c(C)noc2C)cc1. The molecule has 0 saturated heterocycles. The first-order chi connectivity index (χ1) is 9.94. The second-order valence-electron chi connectivity index (χ2n) is 4.76. The highest BCUT2D eigenvalue weighted by Gasteiger charge is 2.24. The van der Waals surface area contributed by atoms with E-state index >= 15 is 0 Å². The molecule has 0 radical (unpaired) electrons. The van der Waals surface area contributed by atoms with Crippen LogP contribution in [0.4, 0.5) is 11.4 Å². The number of nitrogens with one attached hydrogen (secondary N) is 2. The molecular weight excluding hydrogens is 290 g/mol. The Morgan fingerprint density at radius 2 is 1.76 bits per heavy atom. The summed E-state index contributed by atoms with van der Waals surface area (Å²) in [4.78, 5) is 0.0932. The summed E-state index contributed by atoms with van der Waals surface area (Å²) in [5, 5.41) is 6.90. The van der Waals surface area contributed by atoms with E-state index in [4.69, 9.17) is 4.52 Å². The number of hydrogen-bond acceptors (Lipinski definition) is 5.